The zero-order valence-electron chi connectivity index (χ0n) is 10.2. The quantitative estimate of drug-likeness (QED) is 0.606. The third kappa shape index (κ3) is 4.94. The number of nitrogens with two attached hydrogens (primary N) is 1. The van der Waals surface area contributed by atoms with E-state index in [1.54, 1.807) is 7.11 Å². The summed E-state index contributed by atoms with van der Waals surface area (Å²) in [5.41, 5.74) is 5.87. The molecule has 14 heavy (non-hydrogen) atoms. The first-order valence-electron chi connectivity index (χ1n) is 5.52. The highest BCUT2D eigenvalue weighted by atomic mass is 16.5. The summed E-state index contributed by atoms with van der Waals surface area (Å²) < 4.78 is 5.03. The molecule has 0 bridgehead atoms. The number of likely N-dealkylation sites (N-methyl/N-ethyl adjacent to an activating group) is 1. The van der Waals surface area contributed by atoms with Crippen LogP contribution in [0.4, 0.5) is 0 Å². The first-order valence-corrected chi connectivity index (χ1v) is 5.52. The predicted octanol–water partition coefficient (Wildman–Crippen LogP) is 1.47. The fourth-order valence-electron chi connectivity index (χ4n) is 1.57. The van der Waals surface area contributed by atoms with Gasteiger partial charge in [-0.15, -0.1) is 0 Å². The number of hydrogen-bond acceptors (Lipinski definition) is 3. The first-order chi connectivity index (χ1) is 6.58. The fourth-order valence-corrected chi connectivity index (χ4v) is 1.57. The molecule has 0 aromatic rings. The molecular formula is C11H26N2O. The van der Waals surface area contributed by atoms with Crippen LogP contribution in [0.5, 0.6) is 0 Å². The summed E-state index contributed by atoms with van der Waals surface area (Å²) in [5.74, 6) is 0. The van der Waals surface area contributed by atoms with Crippen LogP contribution in [0.1, 0.15) is 33.6 Å². The molecule has 0 aliphatic carbocycles. The van der Waals surface area contributed by atoms with Gasteiger partial charge < -0.3 is 10.5 Å². The lowest BCUT2D eigenvalue weighted by molar-refractivity contribution is 0.124. The van der Waals surface area contributed by atoms with Crippen molar-refractivity contribution < 1.29 is 4.74 Å². The molecule has 0 fully saturated rings. The van der Waals surface area contributed by atoms with E-state index in [2.05, 4.69) is 25.7 Å². The lowest BCUT2D eigenvalue weighted by Gasteiger charge is -2.37. The molecule has 0 rings (SSSR count). The van der Waals surface area contributed by atoms with Gasteiger partial charge in [0.05, 0.1) is 0 Å². The lowest BCUT2D eigenvalue weighted by Crippen LogP contribution is -2.49. The second-order valence-electron chi connectivity index (χ2n) is 4.30. The van der Waals surface area contributed by atoms with Crippen molar-refractivity contribution >= 4 is 0 Å². The Labute approximate surface area is 88.6 Å². The molecule has 0 aromatic heterocycles. The van der Waals surface area contributed by atoms with Crippen molar-refractivity contribution in [3.05, 3.63) is 0 Å². The number of hydrogen-bond donors (Lipinski definition) is 1. The average Bonchev–Trinajstić information content (AvgIpc) is 2.17. The summed E-state index contributed by atoms with van der Waals surface area (Å²) in [6.45, 7) is 10.3. The van der Waals surface area contributed by atoms with E-state index in [0.29, 0.717) is 6.54 Å². The second-order valence-corrected chi connectivity index (χ2v) is 4.30. The second kappa shape index (κ2) is 7.21. The maximum Gasteiger partial charge on any atom is 0.0462 e. The van der Waals surface area contributed by atoms with E-state index in [1.807, 2.05) is 0 Å². The van der Waals surface area contributed by atoms with E-state index in [-0.39, 0.29) is 5.54 Å². The predicted molar refractivity (Wildman–Crippen MR) is 61.5 cm³/mol. The molecule has 0 spiro atoms. The molecule has 3 nitrogen and oxygen atoms in total. The number of methoxy groups -OCH3 is 1. The SMILES string of the molecule is CCN(CCCCOC)C(C)(C)CN. The zero-order valence-corrected chi connectivity index (χ0v) is 10.2. The number of rotatable bonds is 8. The molecule has 86 valence electrons. The monoisotopic (exact) mass is 202 g/mol. The van der Waals surface area contributed by atoms with Crippen molar-refractivity contribution in [2.45, 2.75) is 39.2 Å². The zero-order chi connectivity index (χ0) is 11.0. The largest absolute Gasteiger partial charge is 0.385 e. The van der Waals surface area contributed by atoms with Gasteiger partial charge in [-0.2, -0.15) is 0 Å². The number of nitrogens with zero attached hydrogens (tertiary/aromatic N) is 1. The topological polar surface area (TPSA) is 38.5 Å². The van der Waals surface area contributed by atoms with Crippen molar-refractivity contribution in [3.8, 4) is 0 Å². The molecule has 0 heterocycles. The molecule has 0 amide bonds. The summed E-state index contributed by atoms with van der Waals surface area (Å²) in [5, 5.41) is 0. The number of ether oxygens (including phenoxy) is 1. The van der Waals surface area contributed by atoms with Gasteiger partial charge in [0.15, 0.2) is 0 Å². The van der Waals surface area contributed by atoms with Crippen LogP contribution in [0, 0.1) is 0 Å². The Bertz CT molecular complexity index is 137. The molecule has 3 heteroatoms. The van der Waals surface area contributed by atoms with Gasteiger partial charge in [0.1, 0.15) is 0 Å². The van der Waals surface area contributed by atoms with Crippen molar-refractivity contribution in [3.63, 3.8) is 0 Å². The minimum absolute atomic E-state index is 0.127. The minimum atomic E-state index is 0.127. The molecule has 0 radical (unpaired) electrons. The van der Waals surface area contributed by atoms with Crippen molar-refractivity contribution in [2.24, 2.45) is 5.73 Å². The van der Waals surface area contributed by atoms with Gasteiger partial charge in [0.25, 0.3) is 0 Å². The summed E-state index contributed by atoms with van der Waals surface area (Å²) in [7, 11) is 1.75. The smallest absolute Gasteiger partial charge is 0.0462 e. The van der Waals surface area contributed by atoms with Crippen LogP contribution < -0.4 is 5.73 Å². The van der Waals surface area contributed by atoms with E-state index in [1.165, 1.54) is 6.42 Å². The molecule has 0 aromatic carbocycles. The standard InChI is InChI=1S/C11H26N2O/c1-5-13(11(2,3)10-12)8-6-7-9-14-4/h5-10,12H2,1-4H3. The number of unbranched alkanes of at least 4 members (excludes halogenated alkanes) is 1. The molecule has 0 aliphatic heterocycles. The van der Waals surface area contributed by atoms with Crippen molar-refractivity contribution in [1.82, 2.24) is 4.90 Å². The molecule has 0 atom stereocenters. The summed E-state index contributed by atoms with van der Waals surface area (Å²) in [4.78, 5) is 2.43. The van der Waals surface area contributed by atoms with Crippen LogP contribution in [0.25, 0.3) is 0 Å². The Kier molecular flexibility index (Phi) is 7.15. The van der Waals surface area contributed by atoms with Gasteiger partial charge in [0.2, 0.25) is 0 Å². The van der Waals surface area contributed by atoms with E-state index in [4.69, 9.17) is 10.5 Å². The van der Waals surface area contributed by atoms with E-state index in [9.17, 15) is 0 Å². The first kappa shape index (κ1) is 13.9. The Morgan fingerprint density at radius 3 is 2.36 bits per heavy atom. The molecule has 0 saturated carbocycles. The summed E-state index contributed by atoms with van der Waals surface area (Å²) in [6.07, 6.45) is 2.32. The average molecular weight is 202 g/mol. The third-order valence-corrected chi connectivity index (χ3v) is 2.76. The van der Waals surface area contributed by atoms with Crippen LogP contribution in [0.15, 0.2) is 0 Å². The lowest BCUT2D eigenvalue weighted by atomic mass is 10.0. The minimum Gasteiger partial charge on any atom is -0.385 e. The highest BCUT2D eigenvalue weighted by Crippen LogP contribution is 2.13. The fraction of sp³-hybridized carbons (Fsp3) is 1.00. The molecule has 2 N–H and O–H groups in total. The van der Waals surface area contributed by atoms with Crippen molar-refractivity contribution in [1.29, 1.82) is 0 Å². The van der Waals surface area contributed by atoms with Gasteiger partial charge in [-0.25, -0.2) is 0 Å². The molecular weight excluding hydrogens is 176 g/mol. The highest BCUT2D eigenvalue weighted by molar-refractivity contribution is 4.81. The van der Waals surface area contributed by atoms with Crippen LogP contribution in [0.2, 0.25) is 0 Å². The van der Waals surface area contributed by atoms with Crippen molar-refractivity contribution in [2.75, 3.05) is 33.4 Å². The summed E-state index contributed by atoms with van der Waals surface area (Å²) >= 11 is 0. The van der Waals surface area contributed by atoms with E-state index < -0.39 is 0 Å². The third-order valence-electron chi connectivity index (χ3n) is 2.76. The Morgan fingerprint density at radius 2 is 1.93 bits per heavy atom. The molecule has 0 saturated heterocycles. The van der Waals surface area contributed by atoms with Gasteiger partial charge in [-0.3, -0.25) is 4.90 Å². The van der Waals surface area contributed by atoms with Gasteiger partial charge in [-0.1, -0.05) is 6.92 Å². The van der Waals surface area contributed by atoms with E-state index >= 15 is 0 Å². The van der Waals surface area contributed by atoms with Crippen LogP contribution >= 0.6 is 0 Å². The Morgan fingerprint density at radius 1 is 1.29 bits per heavy atom. The Hall–Kier alpha value is -0.120. The normalized spacial score (nSPS) is 12.4. The molecule has 0 aliphatic rings. The van der Waals surface area contributed by atoms with Crippen LogP contribution in [-0.2, 0) is 4.74 Å². The van der Waals surface area contributed by atoms with Gasteiger partial charge in [0, 0.05) is 25.8 Å². The van der Waals surface area contributed by atoms with Gasteiger partial charge >= 0.3 is 0 Å². The molecule has 0 unspecified atom stereocenters. The van der Waals surface area contributed by atoms with E-state index in [0.717, 1.165) is 26.1 Å². The maximum atomic E-state index is 5.75. The maximum absolute atomic E-state index is 5.75. The highest BCUT2D eigenvalue weighted by Gasteiger charge is 2.22. The summed E-state index contributed by atoms with van der Waals surface area (Å²) in [6, 6.07) is 0. The van der Waals surface area contributed by atoms with Crippen LogP contribution in [0.3, 0.4) is 0 Å². The van der Waals surface area contributed by atoms with Gasteiger partial charge in [-0.05, 0) is 39.8 Å². The Balaban J connectivity index is 3.79. The van der Waals surface area contributed by atoms with Crippen LogP contribution in [-0.4, -0.2) is 43.8 Å².